The van der Waals surface area contributed by atoms with Gasteiger partial charge in [0.15, 0.2) is 25.0 Å². The second kappa shape index (κ2) is 19.2. The molecule has 8 aliphatic rings. The molecule has 13 N–H and O–H groups in total. The average Bonchev–Trinajstić information content (AvgIpc) is 3.56. The summed E-state index contributed by atoms with van der Waals surface area (Å²) in [6.45, 7) is 7.67. The fraction of sp³-hybridized carbons (Fsp3) is 0.932. The van der Waals surface area contributed by atoms with Crippen LogP contribution in [0.1, 0.15) is 72.1 Å². The van der Waals surface area contributed by atoms with Crippen LogP contribution in [0.3, 0.4) is 0 Å². The van der Waals surface area contributed by atoms with E-state index in [2.05, 4.69) is 13.5 Å². The van der Waals surface area contributed by atoms with Crippen molar-refractivity contribution in [2.24, 2.45) is 34.0 Å². The van der Waals surface area contributed by atoms with Crippen LogP contribution < -0.4 is 0 Å². The molecule has 4 heterocycles. The van der Waals surface area contributed by atoms with E-state index >= 15 is 0 Å². The van der Waals surface area contributed by atoms with Crippen LogP contribution >= 0.6 is 0 Å². The largest absolute Gasteiger partial charge is 0.432 e. The second-order valence-electron chi connectivity index (χ2n) is 20.7. The van der Waals surface area contributed by atoms with Gasteiger partial charge in [0.05, 0.1) is 37.4 Å². The molecule has 8 rings (SSSR count). The van der Waals surface area contributed by atoms with Crippen molar-refractivity contribution < 1.29 is 109 Å². The molecular formula is C44H70O22. The molecule has 8 fully saturated rings. The first-order valence-corrected chi connectivity index (χ1v) is 23.2. The fourth-order valence-corrected chi connectivity index (χ4v) is 13.3. The first-order valence-electron chi connectivity index (χ1n) is 23.2. The molecule has 4 saturated heterocycles. The van der Waals surface area contributed by atoms with Crippen LogP contribution in [0.25, 0.3) is 0 Å². The Morgan fingerprint density at radius 1 is 0.621 bits per heavy atom. The van der Waals surface area contributed by atoms with Gasteiger partial charge in [-0.15, -0.1) is 0 Å². The highest BCUT2D eigenvalue weighted by molar-refractivity contribution is 5.77. The Morgan fingerprint density at radius 2 is 1.14 bits per heavy atom. The molecule has 378 valence electrons. The molecule has 0 aromatic heterocycles. The number of aliphatic hydroxyl groups is 13. The minimum atomic E-state index is -1.85. The molecular weight excluding hydrogens is 880 g/mol. The lowest BCUT2D eigenvalue weighted by Gasteiger charge is -2.64. The monoisotopic (exact) mass is 950 g/mol. The van der Waals surface area contributed by atoms with Crippen LogP contribution in [0.15, 0.2) is 12.2 Å². The third-order valence-corrected chi connectivity index (χ3v) is 17.0. The van der Waals surface area contributed by atoms with Gasteiger partial charge in [-0.05, 0) is 81.5 Å². The van der Waals surface area contributed by atoms with E-state index in [0.717, 1.165) is 18.4 Å². The van der Waals surface area contributed by atoms with Crippen LogP contribution in [0, 0.1) is 34.0 Å². The Hall–Kier alpha value is -1.59. The standard InChI is InChI=1S/C44H70O22/c1-16-11-44-9-6-23-42(3,7-5-8-43(23,4)41(58)66-40-36(32(55)28(51)22(15-47)63-40)64-37-33(56)29(52)25(48)17(2)59-37)24(44)10-19(18(16)12-44)60-39-35(31(54)27(50)21(14-46)62-39)65-38-34(57)30(53)26(49)20(13-45)61-38/h17-40,45-57H,1,5-15H2,2-4H3/t17-,18+,19-,20+,21+,22+,23-,24-,25-,26+,27+,28+,29+,30-,31-,32-,33+,34+,35+,36+,37-,38-,39+,40-,42+,43+,44+/m0/s1. The van der Waals surface area contributed by atoms with Gasteiger partial charge in [0.2, 0.25) is 6.29 Å². The third-order valence-electron chi connectivity index (χ3n) is 17.0. The Bertz CT molecular complexity index is 1720. The Balaban J connectivity index is 1.03. The van der Waals surface area contributed by atoms with E-state index in [4.69, 9.17) is 37.9 Å². The zero-order chi connectivity index (χ0) is 47.9. The highest BCUT2D eigenvalue weighted by Crippen LogP contribution is 2.72. The van der Waals surface area contributed by atoms with Crippen molar-refractivity contribution in [1.82, 2.24) is 0 Å². The van der Waals surface area contributed by atoms with Gasteiger partial charge in [-0.25, -0.2) is 0 Å². The Morgan fingerprint density at radius 3 is 1.73 bits per heavy atom. The summed E-state index contributed by atoms with van der Waals surface area (Å²) >= 11 is 0. The molecule has 22 heteroatoms. The summed E-state index contributed by atoms with van der Waals surface area (Å²) < 4.78 is 47.8. The van der Waals surface area contributed by atoms with E-state index < -0.39 is 166 Å². The lowest BCUT2D eigenvalue weighted by Crippen LogP contribution is -2.65. The highest BCUT2D eigenvalue weighted by atomic mass is 16.8. The van der Waals surface area contributed by atoms with Crippen LogP contribution in [-0.4, -0.2) is 221 Å². The number of hydrogen-bond acceptors (Lipinski definition) is 22. The molecule has 0 radical (unpaired) electrons. The molecule has 0 aromatic carbocycles. The van der Waals surface area contributed by atoms with Gasteiger partial charge in [-0.2, -0.15) is 0 Å². The zero-order valence-electron chi connectivity index (χ0n) is 37.3. The third kappa shape index (κ3) is 8.50. The predicted octanol–water partition coefficient (Wildman–Crippen LogP) is -4.23. The minimum absolute atomic E-state index is 0.0827. The van der Waals surface area contributed by atoms with E-state index in [1.54, 1.807) is 0 Å². The van der Waals surface area contributed by atoms with Crippen molar-refractivity contribution in [3.8, 4) is 0 Å². The van der Waals surface area contributed by atoms with Crippen LogP contribution in [-0.2, 0) is 42.7 Å². The van der Waals surface area contributed by atoms with Gasteiger partial charge in [-0.1, -0.05) is 25.5 Å². The lowest BCUT2D eigenvalue weighted by atomic mass is 9.41. The molecule has 0 aromatic rings. The van der Waals surface area contributed by atoms with Gasteiger partial charge in [0.1, 0.15) is 85.5 Å². The van der Waals surface area contributed by atoms with E-state index in [0.29, 0.717) is 38.5 Å². The number of ether oxygens (including phenoxy) is 8. The maximum atomic E-state index is 14.8. The summed E-state index contributed by atoms with van der Waals surface area (Å²) in [5.74, 6) is -1.24. The summed E-state index contributed by atoms with van der Waals surface area (Å²) in [7, 11) is 0. The number of esters is 1. The van der Waals surface area contributed by atoms with Gasteiger partial charge in [0, 0.05) is 5.92 Å². The van der Waals surface area contributed by atoms with Gasteiger partial charge >= 0.3 is 5.97 Å². The molecule has 1 spiro atoms. The first-order chi connectivity index (χ1) is 31.1. The molecule has 4 aliphatic heterocycles. The summed E-state index contributed by atoms with van der Waals surface area (Å²) in [6.07, 6.45) is -27.8. The van der Waals surface area contributed by atoms with E-state index in [-0.39, 0.29) is 23.2 Å². The molecule has 0 unspecified atom stereocenters. The summed E-state index contributed by atoms with van der Waals surface area (Å²) in [4.78, 5) is 14.8. The highest BCUT2D eigenvalue weighted by Gasteiger charge is 2.68. The van der Waals surface area contributed by atoms with Crippen LogP contribution in [0.5, 0.6) is 0 Å². The first kappa shape index (κ1) is 50.8. The topological polar surface area (TPSA) is 354 Å². The average molecular weight is 951 g/mol. The number of aliphatic hydroxyl groups excluding tert-OH is 13. The Labute approximate surface area is 381 Å². The van der Waals surface area contributed by atoms with Crippen molar-refractivity contribution in [2.45, 2.75) is 201 Å². The number of carbonyl (C=O) groups is 1. The number of hydrogen-bond donors (Lipinski definition) is 13. The van der Waals surface area contributed by atoms with Gasteiger partial charge in [-0.3, -0.25) is 4.79 Å². The maximum absolute atomic E-state index is 14.8. The van der Waals surface area contributed by atoms with Crippen LogP contribution in [0.2, 0.25) is 0 Å². The molecule has 4 saturated carbocycles. The van der Waals surface area contributed by atoms with Crippen molar-refractivity contribution >= 4 is 5.97 Å². The Kier molecular flexibility index (Phi) is 14.8. The predicted molar refractivity (Wildman–Crippen MR) is 218 cm³/mol. The van der Waals surface area contributed by atoms with Crippen molar-refractivity contribution in [2.75, 3.05) is 19.8 Å². The van der Waals surface area contributed by atoms with Gasteiger partial charge < -0.3 is 104 Å². The van der Waals surface area contributed by atoms with Crippen molar-refractivity contribution in [3.63, 3.8) is 0 Å². The van der Waals surface area contributed by atoms with Crippen molar-refractivity contribution in [3.05, 3.63) is 12.2 Å². The molecule has 22 nitrogen and oxygen atoms in total. The normalized spacial score (nSPS) is 55.2. The van der Waals surface area contributed by atoms with E-state index in [1.165, 1.54) is 6.92 Å². The van der Waals surface area contributed by atoms with E-state index in [1.807, 2.05) is 6.92 Å². The lowest BCUT2D eigenvalue weighted by molar-refractivity contribution is -0.374. The molecule has 27 atom stereocenters. The molecule has 66 heavy (non-hydrogen) atoms. The summed E-state index contributed by atoms with van der Waals surface area (Å²) in [5, 5.41) is 137. The summed E-state index contributed by atoms with van der Waals surface area (Å²) in [6, 6.07) is 0. The second-order valence-corrected chi connectivity index (χ2v) is 20.7. The molecule has 4 aliphatic carbocycles. The summed E-state index contributed by atoms with van der Waals surface area (Å²) in [5.41, 5.74) is -0.951. The van der Waals surface area contributed by atoms with Crippen LogP contribution in [0.4, 0.5) is 0 Å². The minimum Gasteiger partial charge on any atom is -0.432 e. The quantitative estimate of drug-likeness (QED) is 0.0530. The van der Waals surface area contributed by atoms with Gasteiger partial charge in [0.25, 0.3) is 0 Å². The molecule has 2 bridgehead atoms. The number of rotatable bonds is 11. The number of fused-ring (bicyclic) bond motifs is 3. The van der Waals surface area contributed by atoms with E-state index in [9.17, 15) is 71.2 Å². The smallest absolute Gasteiger partial charge is 0.314 e. The van der Waals surface area contributed by atoms with Crippen molar-refractivity contribution in [1.29, 1.82) is 0 Å². The maximum Gasteiger partial charge on any atom is 0.314 e. The fourth-order valence-electron chi connectivity index (χ4n) is 13.3. The SMILES string of the molecule is C=C1C[C@@]23CC[C@H]4[C@@](C)(CCC[C@@]4(C)C(=O)O[C@@H]4O[C@H](CO)[C@@H](O)[C@H](O)[C@H]4O[C@@H]4O[C@@H](C)[C@H](O)[C@@H](O)[C@H]4O)[C@@H]2C[C@H](O[C@@H]2O[C@H](CO)[C@@H](O)[C@H](O)[C@H]2O[C@@H]2O[C@H](CO)[C@@H](O)[C@H](O)[C@H]2O)[C@@H]1C3. The number of carbonyl (C=O) groups excluding carboxylic acids is 1. The zero-order valence-corrected chi connectivity index (χ0v) is 37.3. The molecule has 0 amide bonds.